The van der Waals surface area contributed by atoms with Gasteiger partial charge in [0.05, 0.1) is 0 Å². The Morgan fingerprint density at radius 3 is 2.83 bits per heavy atom. The summed E-state index contributed by atoms with van der Waals surface area (Å²) in [5.41, 5.74) is 0.585. The average Bonchev–Trinajstić information content (AvgIpc) is 2.52. The third kappa shape index (κ3) is 3.59. The maximum Gasteiger partial charge on any atom is 0.261 e. The van der Waals surface area contributed by atoms with Gasteiger partial charge in [0.25, 0.3) is 11.5 Å². The summed E-state index contributed by atoms with van der Waals surface area (Å²) >= 11 is 0. The van der Waals surface area contributed by atoms with Gasteiger partial charge in [-0.2, -0.15) is 0 Å². The van der Waals surface area contributed by atoms with Crippen LogP contribution in [0.5, 0.6) is 0 Å². The highest BCUT2D eigenvalue weighted by Gasteiger charge is 2.32. The van der Waals surface area contributed by atoms with Crippen molar-refractivity contribution in [2.24, 2.45) is 11.3 Å². The maximum absolute atomic E-state index is 12.4. The molecule has 0 saturated carbocycles. The quantitative estimate of drug-likeness (QED) is 0.778. The monoisotopic (exact) mass is 331 g/mol. The van der Waals surface area contributed by atoms with Crippen molar-refractivity contribution in [1.29, 1.82) is 0 Å². The molecule has 0 aromatic carbocycles. The van der Waals surface area contributed by atoms with E-state index in [0.717, 1.165) is 25.9 Å². The lowest BCUT2D eigenvalue weighted by Crippen LogP contribution is -2.40. The molecule has 2 aliphatic rings. The van der Waals surface area contributed by atoms with Crippen molar-refractivity contribution in [3.63, 3.8) is 0 Å². The Hall–Kier alpha value is -1.95. The summed E-state index contributed by atoms with van der Waals surface area (Å²) in [5.74, 6) is -0.0212. The van der Waals surface area contributed by atoms with Crippen molar-refractivity contribution in [2.75, 3.05) is 19.6 Å². The number of hydrogen-bond acceptors (Lipinski definition) is 4. The van der Waals surface area contributed by atoms with E-state index in [-0.39, 0.29) is 16.8 Å². The van der Waals surface area contributed by atoms with Crippen LogP contribution in [0.4, 0.5) is 0 Å². The van der Waals surface area contributed by atoms with Gasteiger partial charge < -0.3 is 15.6 Å². The predicted molar refractivity (Wildman–Crippen MR) is 91.4 cm³/mol. The zero-order chi connectivity index (χ0) is 17.3. The average molecular weight is 331 g/mol. The molecule has 3 N–H and O–H groups in total. The van der Waals surface area contributed by atoms with Gasteiger partial charge in [0.2, 0.25) is 0 Å². The molecule has 2 heterocycles. The maximum atomic E-state index is 12.4. The van der Waals surface area contributed by atoms with Gasteiger partial charge in [-0.3, -0.25) is 14.4 Å². The van der Waals surface area contributed by atoms with Crippen LogP contribution >= 0.6 is 0 Å². The summed E-state index contributed by atoms with van der Waals surface area (Å²) in [6.45, 7) is 6.46. The smallest absolute Gasteiger partial charge is 0.261 e. The molecule has 130 valence electrons. The van der Waals surface area contributed by atoms with Crippen LogP contribution in [0.3, 0.4) is 0 Å². The van der Waals surface area contributed by atoms with Crippen LogP contribution in [0.1, 0.15) is 59.5 Å². The van der Waals surface area contributed by atoms with E-state index in [1.54, 1.807) is 0 Å². The van der Waals surface area contributed by atoms with E-state index in [4.69, 9.17) is 0 Å². The summed E-state index contributed by atoms with van der Waals surface area (Å²) in [5, 5.41) is 6.14. The number of carbonyl (C=O) groups is 2. The number of Topliss-reactive ketones (excluding diaryl/α,β-unsaturated/α-hetero) is 1. The summed E-state index contributed by atoms with van der Waals surface area (Å²) < 4.78 is 0. The first kappa shape index (κ1) is 16.9. The minimum Gasteiger partial charge on any atom is -0.352 e. The van der Waals surface area contributed by atoms with Crippen molar-refractivity contribution in [3.8, 4) is 0 Å². The van der Waals surface area contributed by atoms with Crippen molar-refractivity contribution in [3.05, 3.63) is 33.2 Å². The van der Waals surface area contributed by atoms with Crippen molar-refractivity contribution in [2.45, 2.75) is 39.5 Å². The van der Waals surface area contributed by atoms with Crippen LogP contribution in [-0.4, -0.2) is 36.3 Å². The Kier molecular flexibility index (Phi) is 4.58. The number of amides is 1. The summed E-state index contributed by atoms with van der Waals surface area (Å²) in [6.07, 6.45) is 3.24. The molecule has 1 aromatic heterocycles. The van der Waals surface area contributed by atoms with Gasteiger partial charge >= 0.3 is 0 Å². The van der Waals surface area contributed by atoms with E-state index >= 15 is 0 Å². The first-order valence-electron chi connectivity index (χ1n) is 8.64. The van der Waals surface area contributed by atoms with Crippen LogP contribution in [0, 0.1) is 11.3 Å². The molecule has 1 aliphatic heterocycles. The first-order valence-corrected chi connectivity index (χ1v) is 8.64. The topological polar surface area (TPSA) is 91.1 Å². The van der Waals surface area contributed by atoms with E-state index in [1.165, 1.54) is 6.07 Å². The van der Waals surface area contributed by atoms with E-state index in [9.17, 15) is 14.4 Å². The number of piperidine rings is 1. The van der Waals surface area contributed by atoms with Crippen molar-refractivity contribution < 1.29 is 9.59 Å². The number of H-pyrrole nitrogens is 1. The minimum absolute atomic E-state index is 0.0111. The zero-order valence-corrected chi connectivity index (χ0v) is 14.3. The number of hydrogen-bond donors (Lipinski definition) is 3. The molecule has 1 fully saturated rings. The molecule has 3 rings (SSSR count). The van der Waals surface area contributed by atoms with E-state index < -0.39 is 11.5 Å². The molecule has 0 unspecified atom stereocenters. The number of aromatic amines is 1. The normalized spacial score (nSPS) is 22.8. The van der Waals surface area contributed by atoms with Gasteiger partial charge in [-0.25, -0.2) is 0 Å². The van der Waals surface area contributed by atoms with Gasteiger partial charge in [-0.15, -0.1) is 0 Å². The molecule has 1 aliphatic carbocycles. The Morgan fingerprint density at radius 1 is 1.33 bits per heavy atom. The highest BCUT2D eigenvalue weighted by molar-refractivity contribution is 6.02. The lowest BCUT2D eigenvalue weighted by molar-refractivity contribution is 0.0910. The van der Waals surface area contributed by atoms with Crippen molar-refractivity contribution in [1.82, 2.24) is 15.6 Å². The van der Waals surface area contributed by atoms with Gasteiger partial charge in [0.1, 0.15) is 5.56 Å². The molecule has 6 heteroatoms. The highest BCUT2D eigenvalue weighted by Crippen LogP contribution is 2.33. The van der Waals surface area contributed by atoms with E-state index in [2.05, 4.69) is 15.6 Å². The molecule has 1 amide bonds. The number of rotatable bonds is 3. The lowest BCUT2D eigenvalue weighted by Gasteiger charge is -2.29. The van der Waals surface area contributed by atoms with Crippen LogP contribution in [0.15, 0.2) is 10.9 Å². The lowest BCUT2D eigenvalue weighted by atomic mass is 9.75. The number of nitrogens with one attached hydrogen (secondary N) is 3. The number of fused-ring (bicyclic) bond motifs is 1. The second-order valence-corrected chi connectivity index (χ2v) is 7.77. The Balaban J connectivity index is 1.76. The fourth-order valence-electron chi connectivity index (χ4n) is 3.63. The third-order valence-corrected chi connectivity index (χ3v) is 4.91. The van der Waals surface area contributed by atoms with Gasteiger partial charge in [-0.1, -0.05) is 13.8 Å². The molecule has 1 atom stereocenters. The summed E-state index contributed by atoms with van der Waals surface area (Å²) in [6, 6.07) is 1.47. The second-order valence-electron chi connectivity index (χ2n) is 7.77. The largest absolute Gasteiger partial charge is 0.352 e. The van der Waals surface area contributed by atoms with Gasteiger partial charge in [0.15, 0.2) is 5.78 Å². The van der Waals surface area contributed by atoms with E-state index in [1.807, 2.05) is 13.8 Å². The molecule has 6 nitrogen and oxygen atoms in total. The molecular formula is C18H25N3O3. The fraction of sp³-hybridized carbons (Fsp3) is 0.611. The highest BCUT2D eigenvalue weighted by atomic mass is 16.2. The van der Waals surface area contributed by atoms with Crippen LogP contribution in [-0.2, 0) is 6.42 Å². The number of carbonyl (C=O) groups excluding carboxylic acids is 2. The Labute approximate surface area is 141 Å². The molecular weight excluding hydrogens is 306 g/mol. The van der Waals surface area contributed by atoms with Crippen LogP contribution in [0.2, 0.25) is 0 Å². The number of pyridine rings is 1. The Morgan fingerprint density at radius 2 is 2.12 bits per heavy atom. The first-order chi connectivity index (χ1) is 11.4. The van der Waals surface area contributed by atoms with Crippen LogP contribution < -0.4 is 16.2 Å². The molecule has 0 spiro atoms. The molecule has 0 bridgehead atoms. The molecule has 0 radical (unpaired) electrons. The van der Waals surface area contributed by atoms with Gasteiger partial charge in [-0.05, 0) is 49.8 Å². The molecule has 1 aromatic rings. The zero-order valence-electron chi connectivity index (χ0n) is 14.3. The van der Waals surface area contributed by atoms with E-state index in [0.29, 0.717) is 36.6 Å². The van der Waals surface area contributed by atoms with Crippen molar-refractivity contribution >= 4 is 11.7 Å². The molecule has 24 heavy (non-hydrogen) atoms. The van der Waals surface area contributed by atoms with Crippen LogP contribution in [0.25, 0.3) is 0 Å². The second kappa shape index (κ2) is 6.51. The predicted octanol–water partition coefficient (Wildman–Crippen LogP) is 1.26. The molecule has 1 saturated heterocycles. The van der Waals surface area contributed by atoms with Gasteiger partial charge in [0, 0.05) is 24.2 Å². The standard InChI is InChI=1S/C18H25N3O3/c1-18(2)7-14-12(15(22)8-18)6-13(17(24)21-14)16(23)20-10-11-4-3-5-19-9-11/h6,11,19H,3-5,7-10H2,1-2H3,(H,20,23)(H,21,24)/t11-/m0/s1. The third-order valence-electron chi connectivity index (χ3n) is 4.91. The SMILES string of the molecule is CC1(C)CC(=O)c2cc(C(=O)NC[C@H]3CCCNC3)c(=O)[nH]c2C1. The fourth-order valence-corrected chi connectivity index (χ4v) is 3.63. The minimum atomic E-state index is -0.418. The summed E-state index contributed by atoms with van der Waals surface area (Å²) in [4.78, 5) is 39.7. The Bertz CT molecular complexity index is 715. The number of ketones is 1. The summed E-state index contributed by atoms with van der Waals surface area (Å²) in [7, 11) is 0. The number of aromatic nitrogens is 1.